The molecule has 0 radical (unpaired) electrons. The Labute approximate surface area is 149 Å². The van der Waals surface area contributed by atoms with Crippen molar-refractivity contribution in [1.82, 2.24) is 10.2 Å². The van der Waals surface area contributed by atoms with Gasteiger partial charge in [0.05, 0.1) is 7.11 Å². The van der Waals surface area contributed by atoms with Crippen molar-refractivity contribution in [3.05, 3.63) is 29.6 Å². The van der Waals surface area contributed by atoms with E-state index in [1.165, 1.54) is 26.0 Å². The number of amides is 1. The lowest BCUT2D eigenvalue weighted by Crippen LogP contribution is -2.48. The van der Waals surface area contributed by atoms with Crippen LogP contribution >= 0.6 is 12.4 Å². The molecule has 0 saturated carbocycles. The van der Waals surface area contributed by atoms with E-state index in [4.69, 9.17) is 4.74 Å². The minimum atomic E-state index is -0.374. The van der Waals surface area contributed by atoms with E-state index >= 15 is 0 Å². The Morgan fingerprint density at radius 2 is 2.00 bits per heavy atom. The summed E-state index contributed by atoms with van der Waals surface area (Å²) in [4.78, 5) is 14.4. The molecule has 1 N–H and O–H groups in total. The van der Waals surface area contributed by atoms with Gasteiger partial charge < -0.3 is 15.0 Å². The standard InChI is InChI=1S/C18H25FN2O2.ClH/c1-21(15-10-13-5-6-14(11-15)20-13)18(22)8-4-12-3-7-17(23-2)16(19)9-12;/h3,7,9,13-15,20H,4-6,8,10-11H2,1-2H3;1H. The Bertz CT molecular complexity index is 572. The van der Waals surface area contributed by atoms with Crippen molar-refractivity contribution in [2.75, 3.05) is 14.2 Å². The second kappa shape index (κ2) is 8.17. The molecule has 2 aliphatic rings. The van der Waals surface area contributed by atoms with Gasteiger partial charge in [-0.05, 0) is 49.8 Å². The minimum absolute atomic E-state index is 0. The molecule has 2 fully saturated rings. The van der Waals surface area contributed by atoms with Gasteiger partial charge in [0.1, 0.15) is 0 Å². The lowest BCUT2D eigenvalue weighted by Gasteiger charge is -2.35. The van der Waals surface area contributed by atoms with Crippen LogP contribution in [0.3, 0.4) is 0 Å². The molecule has 0 aromatic heterocycles. The smallest absolute Gasteiger partial charge is 0.222 e. The topological polar surface area (TPSA) is 41.6 Å². The van der Waals surface area contributed by atoms with Crippen LogP contribution in [0.25, 0.3) is 0 Å². The SMILES string of the molecule is COc1ccc(CCC(=O)N(C)C2CC3CCC(C2)N3)cc1F.Cl. The van der Waals surface area contributed by atoms with Crippen molar-refractivity contribution in [3.8, 4) is 5.75 Å². The molecule has 3 rings (SSSR count). The highest BCUT2D eigenvalue weighted by atomic mass is 35.5. The summed E-state index contributed by atoms with van der Waals surface area (Å²) in [7, 11) is 3.36. The number of carbonyl (C=O) groups is 1. The van der Waals surface area contributed by atoms with E-state index in [-0.39, 0.29) is 29.9 Å². The molecule has 2 heterocycles. The summed E-state index contributed by atoms with van der Waals surface area (Å²) in [6.45, 7) is 0. The first kappa shape index (κ1) is 19.0. The Hall–Kier alpha value is -1.33. The molecule has 4 nitrogen and oxygen atoms in total. The quantitative estimate of drug-likeness (QED) is 0.882. The van der Waals surface area contributed by atoms with E-state index in [2.05, 4.69) is 5.32 Å². The molecule has 134 valence electrons. The molecule has 0 spiro atoms. The summed E-state index contributed by atoms with van der Waals surface area (Å²) in [5.74, 6) is 0.00985. The zero-order valence-corrected chi connectivity index (χ0v) is 15.1. The summed E-state index contributed by atoms with van der Waals surface area (Å²) < 4.78 is 18.6. The highest BCUT2D eigenvalue weighted by molar-refractivity contribution is 5.85. The molecule has 6 heteroatoms. The van der Waals surface area contributed by atoms with Gasteiger partial charge in [0.2, 0.25) is 5.91 Å². The van der Waals surface area contributed by atoms with Crippen molar-refractivity contribution in [1.29, 1.82) is 0 Å². The fourth-order valence-electron chi connectivity index (χ4n) is 3.84. The predicted octanol–water partition coefficient (Wildman–Crippen LogP) is 2.93. The van der Waals surface area contributed by atoms with E-state index < -0.39 is 0 Å². The van der Waals surface area contributed by atoms with Crippen LogP contribution in [0.5, 0.6) is 5.75 Å². The van der Waals surface area contributed by atoms with Crippen molar-refractivity contribution in [2.45, 2.75) is 56.7 Å². The van der Waals surface area contributed by atoms with Gasteiger partial charge >= 0.3 is 0 Å². The molecular formula is C18H26ClFN2O2. The number of rotatable bonds is 5. The molecule has 2 bridgehead atoms. The molecule has 1 aromatic rings. The van der Waals surface area contributed by atoms with Gasteiger partial charge in [-0.25, -0.2) is 4.39 Å². The summed E-state index contributed by atoms with van der Waals surface area (Å²) in [6, 6.07) is 6.38. The monoisotopic (exact) mass is 356 g/mol. The largest absolute Gasteiger partial charge is 0.494 e. The van der Waals surface area contributed by atoms with E-state index in [1.807, 2.05) is 18.0 Å². The summed E-state index contributed by atoms with van der Waals surface area (Å²) in [5, 5.41) is 3.60. The molecule has 2 saturated heterocycles. The number of nitrogens with zero attached hydrogens (tertiary/aromatic N) is 1. The third kappa shape index (κ3) is 4.19. The van der Waals surface area contributed by atoms with Crippen LogP contribution in [0.4, 0.5) is 4.39 Å². The maximum atomic E-state index is 13.7. The molecular weight excluding hydrogens is 331 g/mol. The molecule has 2 aliphatic heterocycles. The van der Waals surface area contributed by atoms with E-state index in [0.29, 0.717) is 31.0 Å². The first-order valence-corrected chi connectivity index (χ1v) is 8.41. The van der Waals surface area contributed by atoms with Gasteiger partial charge in [-0.2, -0.15) is 0 Å². The first-order valence-electron chi connectivity index (χ1n) is 8.41. The zero-order valence-electron chi connectivity index (χ0n) is 14.3. The van der Waals surface area contributed by atoms with Gasteiger partial charge in [0.15, 0.2) is 11.6 Å². The fraction of sp³-hybridized carbons (Fsp3) is 0.611. The molecule has 2 unspecified atom stereocenters. The third-order valence-corrected chi connectivity index (χ3v) is 5.23. The van der Waals surface area contributed by atoms with Crippen LogP contribution in [-0.2, 0) is 11.2 Å². The average molecular weight is 357 g/mol. The average Bonchev–Trinajstić information content (AvgIpc) is 2.90. The van der Waals surface area contributed by atoms with Crippen molar-refractivity contribution >= 4 is 18.3 Å². The number of nitrogens with one attached hydrogen (secondary N) is 1. The lowest BCUT2D eigenvalue weighted by molar-refractivity contribution is -0.132. The first-order chi connectivity index (χ1) is 11.1. The Kier molecular flexibility index (Phi) is 6.47. The number of carbonyl (C=O) groups excluding carboxylic acids is 1. The fourth-order valence-corrected chi connectivity index (χ4v) is 3.84. The Morgan fingerprint density at radius 1 is 1.33 bits per heavy atom. The van der Waals surface area contributed by atoms with E-state index in [0.717, 1.165) is 18.4 Å². The summed E-state index contributed by atoms with van der Waals surface area (Å²) >= 11 is 0. The van der Waals surface area contributed by atoms with Crippen LogP contribution in [0, 0.1) is 5.82 Å². The molecule has 24 heavy (non-hydrogen) atoms. The number of fused-ring (bicyclic) bond motifs is 2. The minimum Gasteiger partial charge on any atom is -0.494 e. The summed E-state index contributed by atoms with van der Waals surface area (Å²) in [6.07, 6.45) is 5.54. The van der Waals surface area contributed by atoms with E-state index in [9.17, 15) is 9.18 Å². The maximum absolute atomic E-state index is 13.7. The molecule has 1 aromatic carbocycles. The number of piperidine rings is 1. The highest BCUT2D eigenvalue weighted by Crippen LogP contribution is 2.29. The highest BCUT2D eigenvalue weighted by Gasteiger charge is 2.36. The predicted molar refractivity (Wildman–Crippen MR) is 94.3 cm³/mol. The number of benzene rings is 1. The third-order valence-electron chi connectivity index (χ3n) is 5.23. The van der Waals surface area contributed by atoms with Crippen molar-refractivity contribution in [2.24, 2.45) is 0 Å². The number of methoxy groups -OCH3 is 1. The second-order valence-electron chi connectivity index (χ2n) is 6.74. The van der Waals surface area contributed by atoms with Gasteiger partial charge in [0, 0.05) is 31.6 Å². The number of aryl methyl sites for hydroxylation is 1. The van der Waals surface area contributed by atoms with Crippen LogP contribution in [0.1, 0.15) is 37.7 Å². The number of hydrogen-bond acceptors (Lipinski definition) is 3. The zero-order chi connectivity index (χ0) is 16.4. The van der Waals surface area contributed by atoms with Crippen molar-refractivity contribution in [3.63, 3.8) is 0 Å². The number of ether oxygens (including phenoxy) is 1. The Balaban J connectivity index is 0.00000208. The van der Waals surface area contributed by atoms with Crippen LogP contribution in [0.15, 0.2) is 18.2 Å². The van der Waals surface area contributed by atoms with Crippen LogP contribution in [-0.4, -0.2) is 43.1 Å². The molecule has 0 aliphatic carbocycles. The van der Waals surface area contributed by atoms with Gasteiger partial charge in [-0.15, -0.1) is 12.4 Å². The van der Waals surface area contributed by atoms with Gasteiger partial charge in [0.25, 0.3) is 0 Å². The van der Waals surface area contributed by atoms with Crippen LogP contribution in [0.2, 0.25) is 0 Å². The second-order valence-corrected chi connectivity index (χ2v) is 6.74. The summed E-state index contributed by atoms with van der Waals surface area (Å²) in [5.41, 5.74) is 0.829. The Morgan fingerprint density at radius 3 is 2.58 bits per heavy atom. The number of halogens is 2. The van der Waals surface area contributed by atoms with Crippen LogP contribution < -0.4 is 10.1 Å². The van der Waals surface area contributed by atoms with Gasteiger partial charge in [-0.1, -0.05) is 6.07 Å². The normalized spacial score (nSPS) is 25.0. The maximum Gasteiger partial charge on any atom is 0.222 e. The van der Waals surface area contributed by atoms with Crippen molar-refractivity contribution < 1.29 is 13.9 Å². The lowest BCUT2D eigenvalue weighted by atomic mass is 9.98. The van der Waals surface area contributed by atoms with Gasteiger partial charge in [-0.3, -0.25) is 4.79 Å². The van der Waals surface area contributed by atoms with E-state index in [1.54, 1.807) is 6.07 Å². The molecule has 1 amide bonds. The number of hydrogen-bond donors (Lipinski definition) is 1. The molecule has 2 atom stereocenters.